The van der Waals surface area contributed by atoms with Crippen LogP contribution >= 0.6 is 0 Å². The van der Waals surface area contributed by atoms with Crippen LogP contribution < -0.4 is 16.4 Å². The summed E-state index contributed by atoms with van der Waals surface area (Å²) in [7, 11) is 0. The van der Waals surface area contributed by atoms with Gasteiger partial charge in [0.1, 0.15) is 11.6 Å². The quantitative estimate of drug-likeness (QED) is 0.739. The predicted molar refractivity (Wildman–Crippen MR) is 78.3 cm³/mol. The lowest BCUT2D eigenvalue weighted by atomic mass is 10.2. The van der Waals surface area contributed by atoms with Gasteiger partial charge in [0.15, 0.2) is 0 Å². The van der Waals surface area contributed by atoms with Gasteiger partial charge in [0.2, 0.25) is 5.91 Å². The van der Waals surface area contributed by atoms with Crippen LogP contribution in [0.4, 0.5) is 16.2 Å². The minimum absolute atomic E-state index is 0.346. The number of hydrogen-bond acceptors (Lipinski definition) is 4. The summed E-state index contributed by atoms with van der Waals surface area (Å²) >= 11 is 0. The summed E-state index contributed by atoms with van der Waals surface area (Å²) < 4.78 is 5.08. The van der Waals surface area contributed by atoms with Crippen LogP contribution in [0.3, 0.4) is 0 Å². The molecule has 110 valence electrons. The van der Waals surface area contributed by atoms with E-state index in [2.05, 4.69) is 10.6 Å². The highest BCUT2D eigenvalue weighted by atomic mass is 16.6. The Balaban J connectivity index is 2.53. The van der Waals surface area contributed by atoms with E-state index in [4.69, 9.17) is 10.5 Å². The molecule has 0 aliphatic heterocycles. The Morgan fingerprint density at radius 2 is 1.95 bits per heavy atom. The zero-order valence-corrected chi connectivity index (χ0v) is 12.2. The number of carbonyl (C=O) groups is 2. The van der Waals surface area contributed by atoms with Crippen molar-refractivity contribution >= 4 is 23.4 Å². The Hall–Kier alpha value is -2.24. The van der Waals surface area contributed by atoms with Crippen LogP contribution in [0.5, 0.6) is 0 Å². The SMILES string of the molecule is C[C@@H](NC(=O)OC(C)(C)C)C(=O)Nc1cccc(N)c1. The third kappa shape index (κ3) is 5.60. The van der Waals surface area contributed by atoms with Crippen LogP contribution in [0.15, 0.2) is 24.3 Å². The van der Waals surface area contributed by atoms with Gasteiger partial charge in [-0.2, -0.15) is 0 Å². The fraction of sp³-hybridized carbons (Fsp3) is 0.429. The molecule has 1 aromatic rings. The number of carbonyl (C=O) groups excluding carboxylic acids is 2. The zero-order chi connectivity index (χ0) is 15.3. The molecule has 1 rings (SSSR count). The zero-order valence-electron chi connectivity index (χ0n) is 12.2. The molecule has 0 saturated heterocycles. The van der Waals surface area contributed by atoms with Crippen molar-refractivity contribution in [2.45, 2.75) is 39.3 Å². The molecule has 0 aliphatic rings. The first kappa shape index (κ1) is 15.8. The minimum Gasteiger partial charge on any atom is -0.444 e. The van der Waals surface area contributed by atoms with Crippen molar-refractivity contribution in [1.82, 2.24) is 5.32 Å². The maximum Gasteiger partial charge on any atom is 0.408 e. The third-order valence-electron chi connectivity index (χ3n) is 2.28. The van der Waals surface area contributed by atoms with Crippen LogP contribution in [-0.2, 0) is 9.53 Å². The highest BCUT2D eigenvalue weighted by Crippen LogP contribution is 2.12. The normalized spacial score (nSPS) is 12.4. The van der Waals surface area contributed by atoms with E-state index in [0.717, 1.165) is 0 Å². The number of ether oxygens (including phenoxy) is 1. The second-order valence-electron chi connectivity index (χ2n) is 5.48. The Labute approximate surface area is 118 Å². The van der Waals surface area contributed by atoms with E-state index < -0.39 is 17.7 Å². The van der Waals surface area contributed by atoms with Gasteiger partial charge in [-0.25, -0.2) is 4.79 Å². The molecule has 0 aliphatic carbocycles. The van der Waals surface area contributed by atoms with Crippen molar-refractivity contribution in [2.24, 2.45) is 0 Å². The number of alkyl carbamates (subject to hydrolysis) is 1. The number of nitrogens with one attached hydrogen (secondary N) is 2. The summed E-state index contributed by atoms with van der Waals surface area (Å²) in [4.78, 5) is 23.4. The largest absolute Gasteiger partial charge is 0.444 e. The van der Waals surface area contributed by atoms with E-state index in [1.165, 1.54) is 0 Å². The molecule has 0 fully saturated rings. The Morgan fingerprint density at radius 3 is 2.50 bits per heavy atom. The number of nitrogen functional groups attached to an aromatic ring is 1. The molecule has 6 heteroatoms. The van der Waals surface area contributed by atoms with Crippen LogP contribution in [-0.4, -0.2) is 23.6 Å². The molecule has 4 N–H and O–H groups in total. The monoisotopic (exact) mass is 279 g/mol. The number of rotatable bonds is 3. The van der Waals surface area contributed by atoms with Gasteiger partial charge in [-0.05, 0) is 45.9 Å². The Bertz CT molecular complexity index is 495. The van der Waals surface area contributed by atoms with E-state index in [1.807, 2.05) is 0 Å². The smallest absolute Gasteiger partial charge is 0.408 e. The van der Waals surface area contributed by atoms with Gasteiger partial charge < -0.3 is 21.1 Å². The maximum atomic E-state index is 11.9. The highest BCUT2D eigenvalue weighted by Gasteiger charge is 2.20. The van der Waals surface area contributed by atoms with Crippen molar-refractivity contribution in [3.05, 3.63) is 24.3 Å². The standard InChI is InChI=1S/C14H21N3O3/c1-9(16-13(19)20-14(2,3)4)12(18)17-11-7-5-6-10(15)8-11/h5-9H,15H2,1-4H3,(H,16,19)(H,17,18)/t9-/m1/s1. The summed E-state index contributed by atoms with van der Waals surface area (Å²) in [6.07, 6.45) is -0.632. The van der Waals surface area contributed by atoms with E-state index in [-0.39, 0.29) is 5.91 Å². The average molecular weight is 279 g/mol. The second kappa shape index (κ2) is 6.27. The Kier molecular flexibility index (Phi) is 4.96. The van der Waals surface area contributed by atoms with Gasteiger partial charge in [0.05, 0.1) is 0 Å². The lowest BCUT2D eigenvalue weighted by Crippen LogP contribution is -2.43. The molecule has 1 aromatic carbocycles. The van der Waals surface area contributed by atoms with E-state index in [9.17, 15) is 9.59 Å². The first-order valence-electron chi connectivity index (χ1n) is 6.33. The van der Waals surface area contributed by atoms with E-state index in [0.29, 0.717) is 11.4 Å². The lowest BCUT2D eigenvalue weighted by molar-refractivity contribution is -0.117. The number of benzene rings is 1. The number of amides is 2. The van der Waals surface area contributed by atoms with Crippen molar-refractivity contribution in [2.75, 3.05) is 11.1 Å². The lowest BCUT2D eigenvalue weighted by Gasteiger charge is -2.21. The summed E-state index contributed by atoms with van der Waals surface area (Å²) in [5.41, 5.74) is 6.14. The summed E-state index contributed by atoms with van der Waals surface area (Å²) in [6, 6.07) is 6.09. The molecule has 0 heterocycles. The molecule has 0 saturated carbocycles. The third-order valence-corrected chi connectivity index (χ3v) is 2.28. The molecule has 1 atom stereocenters. The molecule has 0 aromatic heterocycles. The Morgan fingerprint density at radius 1 is 1.30 bits per heavy atom. The molecular formula is C14H21N3O3. The predicted octanol–water partition coefficient (Wildman–Crippen LogP) is 2.12. The first-order chi connectivity index (χ1) is 9.17. The van der Waals surface area contributed by atoms with Crippen molar-refractivity contribution < 1.29 is 14.3 Å². The van der Waals surface area contributed by atoms with Crippen molar-refractivity contribution in [1.29, 1.82) is 0 Å². The van der Waals surface area contributed by atoms with Crippen LogP contribution in [0.1, 0.15) is 27.7 Å². The molecule has 0 bridgehead atoms. The summed E-state index contributed by atoms with van der Waals surface area (Å²) in [5, 5.41) is 5.13. The average Bonchev–Trinajstić information content (AvgIpc) is 2.25. The van der Waals surface area contributed by atoms with Gasteiger partial charge in [-0.15, -0.1) is 0 Å². The van der Waals surface area contributed by atoms with Gasteiger partial charge >= 0.3 is 6.09 Å². The molecule has 20 heavy (non-hydrogen) atoms. The van der Waals surface area contributed by atoms with Crippen LogP contribution in [0.2, 0.25) is 0 Å². The number of nitrogens with two attached hydrogens (primary N) is 1. The van der Waals surface area contributed by atoms with E-state index >= 15 is 0 Å². The van der Waals surface area contributed by atoms with Crippen LogP contribution in [0.25, 0.3) is 0 Å². The second-order valence-corrected chi connectivity index (χ2v) is 5.48. The summed E-state index contributed by atoms with van der Waals surface area (Å²) in [6.45, 7) is 6.84. The molecule has 0 spiro atoms. The minimum atomic E-state index is -0.716. The van der Waals surface area contributed by atoms with E-state index in [1.54, 1.807) is 52.0 Å². The topological polar surface area (TPSA) is 93.4 Å². The van der Waals surface area contributed by atoms with Crippen LogP contribution in [0, 0.1) is 0 Å². The van der Waals surface area contributed by atoms with Gasteiger partial charge in [0, 0.05) is 11.4 Å². The molecule has 2 amide bonds. The molecule has 0 unspecified atom stereocenters. The molecule has 0 radical (unpaired) electrons. The molecule has 6 nitrogen and oxygen atoms in total. The summed E-state index contributed by atoms with van der Waals surface area (Å²) in [5.74, 6) is -0.346. The van der Waals surface area contributed by atoms with Crippen molar-refractivity contribution in [3.8, 4) is 0 Å². The first-order valence-corrected chi connectivity index (χ1v) is 6.33. The molecular weight excluding hydrogens is 258 g/mol. The van der Waals surface area contributed by atoms with Gasteiger partial charge in [0.25, 0.3) is 0 Å². The number of anilines is 2. The fourth-order valence-corrected chi connectivity index (χ4v) is 1.42. The van der Waals surface area contributed by atoms with Gasteiger partial charge in [-0.3, -0.25) is 4.79 Å². The maximum absolute atomic E-state index is 11.9. The van der Waals surface area contributed by atoms with Gasteiger partial charge in [-0.1, -0.05) is 6.07 Å². The number of hydrogen-bond donors (Lipinski definition) is 3. The van der Waals surface area contributed by atoms with Crippen molar-refractivity contribution in [3.63, 3.8) is 0 Å². The highest BCUT2D eigenvalue weighted by molar-refractivity contribution is 5.96. The fourth-order valence-electron chi connectivity index (χ4n) is 1.42.